The number of carbonyl (C=O) groups is 1. The van der Waals surface area contributed by atoms with Crippen LogP contribution < -0.4 is 14.5 Å². The molecular weight excluding hydrogens is 374 g/mol. The van der Waals surface area contributed by atoms with Gasteiger partial charge in [-0.25, -0.2) is 4.79 Å². The van der Waals surface area contributed by atoms with Crippen molar-refractivity contribution in [2.45, 2.75) is 6.92 Å². The number of para-hydroxylation sites is 1. The van der Waals surface area contributed by atoms with E-state index in [1.54, 1.807) is 24.6 Å². The van der Waals surface area contributed by atoms with E-state index in [1.807, 2.05) is 25.1 Å². The SMILES string of the molecule is CCOC(=O)c1cnc2c(OC)cccc2c1N1CCN(c2cccs2)CC1. The van der Waals surface area contributed by atoms with Crippen LogP contribution in [0.25, 0.3) is 10.9 Å². The van der Waals surface area contributed by atoms with Crippen molar-refractivity contribution in [3.05, 3.63) is 47.5 Å². The maximum absolute atomic E-state index is 12.6. The number of aromatic nitrogens is 1. The van der Waals surface area contributed by atoms with E-state index < -0.39 is 0 Å². The molecule has 1 aliphatic rings. The molecule has 28 heavy (non-hydrogen) atoms. The first-order valence-corrected chi connectivity index (χ1v) is 10.3. The average molecular weight is 398 g/mol. The van der Waals surface area contributed by atoms with Crippen molar-refractivity contribution in [1.82, 2.24) is 4.98 Å². The Bertz CT molecular complexity index is 966. The number of ether oxygens (including phenoxy) is 2. The minimum Gasteiger partial charge on any atom is -0.494 e. The molecule has 0 saturated carbocycles. The highest BCUT2D eigenvalue weighted by Gasteiger charge is 2.26. The third-order valence-corrected chi connectivity index (χ3v) is 5.89. The number of hydrogen-bond donors (Lipinski definition) is 0. The predicted molar refractivity (Wildman–Crippen MR) is 113 cm³/mol. The maximum atomic E-state index is 12.6. The summed E-state index contributed by atoms with van der Waals surface area (Å²) in [6, 6.07) is 10.0. The van der Waals surface area contributed by atoms with E-state index in [4.69, 9.17) is 9.47 Å². The Balaban J connectivity index is 1.73. The predicted octanol–water partition coefficient (Wildman–Crippen LogP) is 3.81. The summed E-state index contributed by atoms with van der Waals surface area (Å²) in [6.45, 7) is 5.59. The van der Waals surface area contributed by atoms with Gasteiger partial charge in [0.25, 0.3) is 0 Å². The Labute approximate surface area is 168 Å². The number of nitrogens with zero attached hydrogens (tertiary/aromatic N) is 3. The van der Waals surface area contributed by atoms with Gasteiger partial charge in [-0.05, 0) is 30.5 Å². The van der Waals surface area contributed by atoms with Gasteiger partial charge in [-0.2, -0.15) is 0 Å². The summed E-state index contributed by atoms with van der Waals surface area (Å²) in [4.78, 5) is 21.8. The Morgan fingerprint density at radius 2 is 1.93 bits per heavy atom. The molecule has 0 amide bonds. The molecule has 3 aromatic rings. The number of fused-ring (bicyclic) bond motifs is 1. The maximum Gasteiger partial charge on any atom is 0.341 e. The van der Waals surface area contributed by atoms with E-state index in [1.165, 1.54) is 5.00 Å². The van der Waals surface area contributed by atoms with E-state index in [9.17, 15) is 4.79 Å². The van der Waals surface area contributed by atoms with Crippen molar-refractivity contribution in [2.24, 2.45) is 0 Å². The summed E-state index contributed by atoms with van der Waals surface area (Å²) in [5.41, 5.74) is 2.15. The summed E-state index contributed by atoms with van der Waals surface area (Å²) in [5, 5.41) is 4.30. The molecule has 0 spiro atoms. The van der Waals surface area contributed by atoms with Gasteiger partial charge in [0.1, 0.15) is 16.8 Å². The fraction of sp³-hybridized carbons (Fsp3) is 0.333. The third-order valence-electron chi connectivity index (χ3n) is 4.96. The van der Waals surface area contributed by atoms with Crippen molar-refractivity contribution in [1.29, 1.82) is 0 Å². The Morgan fingerprint density at radius 3 is 2.61 bits per heavy atom. The van der Waals surface area contributed by atoms with E-state index in [2.05, 4.69) is 32.3 Å². The number of pyridine rings is 1. The quantitative estimate of drug-likeness (QED) is 0.610. The van der Waals surface area contributed by atoms with Crippen LogP contribution in [-0.2, 0) is 4.74 Å². The largest absolute Gasteiger partial charge is 0.494 e. The molecule has 6 nitrogen and oxygen atoms in total. The summed E-state index contributed by atoms with van der Waals surface area (Å²) in [7, 11) is 1.63. The van der Waals surface area contributed by atoms with Gasteiger partial charge in [0.05, 0.1) is 24.4 Å². The molecule has 1 aliphatic heterocycles. The standard InChI is InChI=1S/C21H23N3O3S/c1-3-27-21(25)16-14-22-19-15(6-4-7-17(19)26-2)20(16)24-11-9-23(10-12-24)18-8-5-13-28-18/h4-8,13-14H,3,9-12H2,1-2H3. The number of hydrogen-bond acceptors (Lipinski definition) is 7. The molecule has 7 heteroatoms. The van der Waals surface area contributed by atoms with Crippen LogP contribution in [0.5, 0.6) is 5.75 Å². The highest BCUT2D eigenvalue weighted by atomic mass is 32.1. The summed E-state index contributed by atoms with van der Waals surface area (Å²) in [6.07, 6.45) is 1.61. The molecule has 3 heterocycles. The normalized spacial score (nSPS) is 14.4. The Morgan fingerprint density at radius 1 is 1.14 bits per heavy atom. The zero-order valence-corrected chi connectivity index (χ0v) is 16.9. The molecule has 0 atom stereocenters. The van der Waals surface area contributed by atoms with Crippen molar-refractivity contribution < 1.29 is 14.3 Å². The molecule has 0 unspecified atom stereocenters. The first kappa shape index (κ1) is 18.6. The van der Waals surface area contributed by atoms with Crippen LogP contribution in [0.4, 0.5) is 10.7 Å². The van der Waals surface area contributed by atoms with E-state index >= 15 is 0 Å². The Kier molecular flexibility index (Phi) is 5.34. The van der Waals surface area contributed by atoms with Gasteiger partial charge in [0.2, 0.25) is 0 Å². The third kappa shape index (κ3) is 3.38. The first-order chi connectivity index (χ1) is 13.7. The first-order valence-electron chi connectivity index (χ1n) is 9.39. The van der Waals surface area contributed by atoms with Gasteiger partial charge in [-0.3, -0.25) is 4.98 Å². The minimum atomic E-state index is -0.338. The molecule has 0 bridgehead atoms. The lowest BCUT2D eigenvalue weighted by Crippen LogP contribution is -2.46. The highest BCUT2D eigenvalue weighted by molar-refractivity contribution is 7.14. The molecule has 1 saturated heterocycles. The lowest BCUT2D eigenvalue weighted by Gasteiger charge is -2.37. The van der Waals surface area contributed by atoms with Crippen LogP contribution in [0.15, 0.2) is 41.9 Å². The second kappa shape index (κ2) is 8.06. The van der Waals surface area contributed by atoms with Crippen LogP contribution in [0.3, 0.4) is 0 Å². The van der Waals surface area contributed by atoms with Crippen molar-refractivity contribution in [2.75, 3.05) is 49.7 Å². The van der Waals surface area contributed by atoms with Crippen LogP contribution in [0.1, 0.15) is 17.3 Å². The topological polar surface area (TPSA) is 54.9 Å². The van der Waals surface area contributed by atoms with Crippen molar-refractivity contribution in [3.8, 4) is 5.75 Å². The molecule has 1 fully saturated rings. The van der Waals surface area contributed by atoms with Gasteiger partial charge in [-0.15, -0.1) is 11.3 Å². The molecule has 1 aromatic carbocycles. The average Bonchev–Trinajstić information content (AvgIpc) is 3.27. The molecule has 4 rings (SSSR count). The number of thiophene rings is 1. The van der Waals surface area contributed by atoms with Gasteiger partial charge in [0.15, 0.2) is 0 Å². The molecule has 146 valence electrons. The number of benzene rings is 1. The number of anilines is 2. The van der Waals surface area contributed by atoms with Gasteiger partial charge >= 0.3 is 5.97 Å². The molecule has 0 radical (unpaired) electrons. The van der Waals surface area contributed by atoms with Gasteiger partial charge in [0, 0.05) is 37.8 Å². The lowest BCUT2D eigenvalue weighted by atomic mass is 10.1. The molecule has 0 aliphatic carbocycles. The number of methoxy groups -OCH3 is 1. The van der Waals surface area contributed by atoms with Crippen LogP contribution in [0.2, 0.25) is 0 Å². The summed E-state index contributed by atoms with van der Waals surface area (Å²) in [5.74, 6) is 0.363. The van der Waals surface area contributed by atoms with Gasteiger partial charge < -0.3 is 19.3 Å². The smallest absolute Gasteiger partial charge is 0.341 e. The lowest BCUT2D eigenvalue weighted by molar-refractivity contribution is 0.0526. The molecule has 0 N–H and O–H groups in total. The molecule has 2 aromatic heterocycles. The van der Waals surface area contributed by atoms with Crippen LogP contribution in [0, 0.1) is 0 Å². The highest BCUT2D eigenvalue weighted by Crippen LogP contribution is 2.35. The van der Waals surface area contributed by atoms with Crippen LogP contribution in [-0.4, -0.2) is 50.8 Å². The van der Waals surface area contributed by atoms with Crippen molar-refractivity contribution in [3.63, 3.8) is 0 Å². The van der Waals surface area contributed by atoms with E-state index in [0.717, 1.165) is 42.8 Å². The second-order valence-electron chi connectivity index (χ2n) is 6.52. The number of esters is 1. The second-order valence-corrected chi connectivity index (χ2v) is 7.45. The fourth-order valence-electron chi connectivity index (χ4n) is 3.65. The summed E-state index contributed by atoms with van der Waals surface area (Å²) >= 11 is 1.76. The number of carbonyl (C=O) groups excluding carboxylic acids is 1. The van der Waals surface area contributed by atoms with Crippen LogP contribution >= 0.6 is 11.3 Å². The zero-order chi connectivity index (χ0) is 19.5. The van der Waals surface area contributed by atoms with Crippen molar-refractivity contribution >= 4 is 38.9 Å². The van der Waals surface area contributed by atoms with Gasteiger partial charge in [-0.1, -0.05) is 12.1 Å². The van der Waals surface area contributed by atoms with E-state index in [0.29, 0.717) is 17.9 Å². The summed E-state index contributed by atoms with van der Waals surface area (Å²) < 4.78 is 10.8. The van der Waals surface area contributed by atoms with E-state index in [-0.39, 0.29) is 5.97 Å². The fourth-order valence-corrected chi connectivity index (χ4v) is 4.43. The molecular formula is C21H23N3O3S. The number of rotatable bonds is 5. The monoisotopic (exact) mass is 397 g/mol. The Hall–Kier alpha value is -2.80. The zero-order valence-electron chi connectivity index (χ0n) is 16.1. The minimum absolute atomic E-state index is 0.334. The number of piperazine rings is 1.